The van der Waals surface area contributed by atoms with Crippen molar-refractivity contribution in [3.63, 3.8) is 0 Å². The van der Waals surface area contributed by atoms with E-state index in [0.717, 1.165) is 5.56 Å². The number of ether oxygens (including phenoxy) is 1. The summed E-state index contributed by atoms with van der Waals surface area (Å²) in [6.45, 7) is 0. The van der Waals surface area contributed by atoms with Crippen LogP contribution in [0.15, 0.2) is 42.5 Å². The van der Waals surface area contributed by atoms with Crippen molar-refractivity contribution in [3.8, 4) is 11.5 Å². The maximum absolute atomic E-state index is 10.6. The highest BCUT2D eigenvalue weighted by molar-refractivity contribution is 7.99. The molecule has 0 aliphatic carbocycles. The van der Waals surface area contributed by atoms with Gasteiger partial charge >= 0.3 is 5.97 Å². The molecule has 21 heavy (non-hydrogen) atoms. The van der Waals surface area contributed by atoms with Gasteiger partial charge in [-0.2, -0.15) is 0 Å². The molecule has 0 radical (unpaired) electrons. The fraction of sp³-hybridized carbons (Fsp3) is 0.133. The second kappa shape index (κ2) is 7.59. The summed E-state index contributed by atoms with van der Waals surface area (Å²) in [5, 5.41) is 9.56. The van der Waals surface area contributed by atoms with Crippen LogP contribution in [0, 0.1) is 0 Å². The molecule has 0 saturated heterocycles. The lowest BCUT2D eigenvalue weighted by Gasteiger charge is -2.11. The van der Waals surface area contributed by atoms with E-state index in [1.165, 1.54) is 11.8 Å². The first-order valence-electron chi connectivity index (χ1n) is 6.06. The van der Waals surface area contributed by atoms with Crippen LogP contribution in [0.2, 0.25) is 10.0 Å². The molecule has 2 aromatic carbocycles. The molecule has 2 aromatic rings. The van der Waals surface area contributed by atoms with Crippen LogP contribution in [0.5, 0.6) is 11.5 Å². The lowest BCUT2D eigenvalue weighted by molar-refractivity contribution is -0.133. The Balaban J connectivity index is 2.12. The molecule has 0 aliphatic rings. The normalized spacial score (nSPS) is 10.4. The zero-order valence-corrected chi connectivity index (χ0v) is 13.2. The second-order valence-corrected chi connectivity index (χ2v) is 5.97. The van der Waals surface area contributed by atoms with E-state index in [1.54, 1.807) is 18.2 Å². The second-order valence-electron chi connectivity index (χ2n) is 4.17. The predicted molar refractivity (Wildman–Crippen MR) is 86.8 cm³/mol. The number of para-hydroxylation sites is 1. The lowest BCUT2D eigenvalue weighted by atomic mass is 10.2. The number of carboxylic acids is 1. The monoisotopic (exact) mass is 342 g/mol. The van der Waals surface area contributed by atoms with Crippen LogP contribution in [0.4, 0.5) is 0 Å². The molecule has 0 bridgehead atoms. The van der Waals surface area contributed by atoms with Crippen LogP contribution in [-0.2, 0) is 10.5 Å². The Bertz CT molecular complexity index is 647. The van der Waals surface area contributed by atoms with Gasteiger partial charge in [0.15, 0.2) is 0 Å². The lowest BCUT2D eigenvalue weighted by Crippen LogP contribution is -1.98. The average Bonchev–Trinajstić information content (AvgIpc) is 2.44. The van der Waals surface area contributed by atoms with Gasteiger partial charge < -0.3 is 9.84 Å². The maximum Gasteiger partial charge on any atom is 0.313 e. The molecule has 6 heteroatoms. The zero-order chi connectivity index (χ0) is 15.2. The quantitative estimate of drug-likeness (QED) is 0.792. The minimum atomic E-state index is -0.831. The summed E-state index contributed by atoms with van der Waals surface area (Å²) in [6, 6.07) is 12.5. The largest absolute Gasteiger partial charge is 0.481 e. The van der Waals surface area contributed by atoms with Gasteiger partial charge in [-0.3, -0.25) is 4.79 Å². The SMILES string of the molecule is O=C(O)CSCc1ccccc1Oc1ccc(Cl)c(Cl)c1. The van der Waals surface area contributed by atoms with Gasteiger partial charge in [-0.05, 0) is 18.2 Å². The van der Waals surface area contributed by atoms with E-state index < -0.39 is 5.97 Å². The molecule has 0 saturated carbocycles. The molecule has 1 N–H and O–H groups in total. The highest BCUT2D eigenvalue weighted by Gasteiger charge is 2.07. The highest BCUT2D eigenvalue weighted by Crippen LogP contribution is 2.32. The van der Waals surface area contributed by atoms with Gasteiger partial charge in [0.2, 0.25) is 0 Å². The van der Waals surface area contributed by atoms with Crippen molar-refractivity contribution in [2.45, 2.75) is 5.75 Å². The summed E-state index contributed by atoms with van der Waals surface area (Å²) in [5.41, 5.74) is 0.926. The van der Waals surface area contributed by atoms with Crippen molar-refractivity contribution in [2.75, 3.05) is 5.75 Å². The van der Waals surface area contributed by atoms with E-state index in [0.29, 0.717) is 27.3 Å². The summed E-state index contributed by atoms with van der Waals surface area (Å²) >= 11 is 13.1. The summed E-state index contributed by atoms with van der Waals surface area (Å²) in [5.74, 6) is 1.04. The third-order valence-corrected chi connectivity index (χ3v) is 4.28. The van der Waals surface area contributed by atoms with Crippen molar-refractivity contribution < 1.29 is 14.6 Å². The molecule has 0 amide bonds. The van der Waals surface area contributed by atoms with Gasteiger partial charge in [0.25, 0.3) is 0 Å². The van der Waals surface area contributed by atoms with Gasteiger partial charge in [-0.25, -0.2) is 0 Å². The van der Waals surface area contributed by atoms with Gasteiger partial charge in [-0.15, -0.1) is 11.8 Å². The molecule has 2 rings (SSSR count). The predicted octanol–water partition coefficient (Wildman–Crippen LogP) is 5.10. The zero-order valence-electron chi connectivity index (χ0n) is 10.9. The average molecular weight is 343 g/mol. The molecule has 0 atom stereocenters. The number of benzene rings is 2. The van der Waals surface area contributed by atoms with Crippen LogP contribution >= 0.6 is 35.0 Å². The van der Waals surface area contributed by atoms with Crippen LogP contribution in [0.1, 0.15) is 5.56 Å². The number of carbonyl (C=O) groups is 1. The van der Waals surface area contributed by atoms with E-state index in [2.05, 4.69) is 0 Å². The minimum Gasteiger partial charge on any atom is -0.481 e. The van der Waals surface area contributed by atoms with E-state index in [-0.39, 0.29) is 5.75 Å². The fourth-order valence-corrected chi connectivity index (χ4v) is 2.66. The number of hydrogen-bond acceptors (Lipinski definition) is 3. The van der Waals surface area contributed by atoms with Gasteiger partial charge in [0.05, 0.1) is 15.8 Å². The van der Waals surface area contributed by atoms with E-state index >= 15 is 0 Å². The smallest absolute Gasteiger partial charge is 0.313 e. The number of carboxylic acid groups (broad SMARTS) is 1. The third kappa shape index (κ3) is 4.84. The Kier molecular flexibility index (Phi) is 5.79. The maximum atomic E-state index is 10.6. The Labute approximate surface area is 136 Å². The molecule has 0 aromatic heterocycles. The van der Waals surface area contributed by atoms with Crippen LogP contribution in [0.25, 0.3) is 0 Å². The molecule has 0 heterocycles. The third-order valence-electron chi connectivity index (χ3n) is 2.57. The first kappa shape index (κ1) is 16.0. The Hall–Kier alpha value is -1.36. The molecular weight excluding hydrogens is 331 g/mol. The summed E-state index contributed by atoms with van der Waals surface area (Å²) in [4.78, 5) is 10.6. The number of rotatable bonds is 6. The first-order valence-corrected chi connectivity index (χ1v) is 7.97. The first-order chi connectivity index (χ1) is 10.1. The highest BCUT2D eigenvalue weighted by atomic mass is 35.5. The number of thioether (sulfide) groups is 1. The Morgan fingerprint density at radius 3 is 2.62 bits per heavy atom. The van der Waals surface area contributed by atoms with Crippen molar-refractivity contribution in [2.24, 2.45) is 0 Å². The number of halogens is 2. The molecule has 0 aliphatic heterocycles. The molecule has 0 unspecified atom stereocenters. The van der Waals surface area contributed by atoms with E-state index in [1.807, 2.05) is 24.3 Å². The Morgan fingerprint density at radius 1 is 1.14 bits per heavy atom. The molecular formula is C15H12Cl2O3S. The van der Waals surface area contributed by atoms with Crippen LogP contribution in [-0.4, -0.2) is 16.8 Å². The standard InChI is InChI=1S/C15H12Cl2O3S/c16-12-6-5-11(7-13(12)17)20-14-4-2-1-3-10(14)8-21-9-15(18)19/h1-7H,8-9H2,(H,18,19). The topological polar surface area (TPSA) is 46.5 Å². The summed E-state index contributed by atoms with van der Waals surface area (Å²) in [7, 11) is 0. The van der Waals surface area contributed by atoms with Crippen molar-refractivity contribution in [1.82, 2.24) is 0 Å². The number of aliphatic carboxylic acids is 1. The number of hydrogen-bond donors (Lipinski definition) is 1. The van der Waals surface area contributed by atoms with Crippen molar-refractivity contribution in [3.05, 3.63) is 58.1 Å². The van der Waals surface area contributed by atoms with Gasteiger partial charge in [-0.1, -0.05) is 41.4 Å². The van der Waals surface area contributed by atoms with Crippen LogP contribution in [0.3, 0.4) is 0 Å². The summed E-state index contributed by atoms with van der Waals surface area (Å²) in [6.07, 6.45) is 0. The Morgan fingerprint density at radius 2 is 1.90 bits per heavy atom. The molecule has 3 nitrogen and oxygen atoms in total. The summed E-state index contributed by atoms with van der Waals surface area (Å²) < 4.78 is 5.80. The fourth-order valence-electron chi connectivity index (χ4n) is 1.64. The molecule has 0 fully saturated rings. The minimum absolute atomic E-state index is 0.0567. The van der Waals surface area contributed by atoms with Gasteiger partial charge in [0, 0.05) is 17.4 Å². The molecule has 110 valence electrons. The molecule has 0 spiro atoms. The van der Waals surface area contributed by atoms with Crippen molar-refractivity contribution in [1.29, 1.82) is 0 Å². The van der Waals surface area contributed by atoms with E-state index in [9.17, 15) is 4.79 Å². The van der Waals surface area contributed by atoms with E-state index in [4.69, 9.17) is 33.0 Å². The van der Waals surface area contributed by atoms with Gasteiger partial charge in [0.1, 0.15) is 11.5 Å². The van der Waals surface area contributed by atoms with Crippen LogP contribution < -0.4 is 4.74 Å². The van der Waals surface area contributed by atoms with Crippen molar-refractivity contribution >= 4 is 40.9 Å².